The van der Waals surface area contributed by atoms with E-state index in [0.29, 0.717) is 5.56 Å². The van der Waals surface area contributed by atoms with Crippen molar-refractivity contribution in [3.05, 3.63) is 101 Å². The molecule has 0 bridgehead atoms. The molecule has 1 amide bonds. The van der Waals surface area contributed by atoms with Gasteiger partial charge < -0.3 is 14.5 Å². The normalized spacial score (nSPS) is 19.8. The molecule has 1 saturated heterocycles. The molecule has 0 spiro atoms. The highest BCUT2D eigenvalue weighted by Gasteiger charge is 2.43. The van der Waals surface area contributed by atoms with Gasteiger partial charge in [-0.1, -0.05) is 30.3 Å². The zero-order chi connectivity index (χ0) is 26.5. The van der Waals surface area contributed by atoms with Crippen LogP contribution in [0.4, 0.5) is 11.4 Å². The average Bonchev–Trinajstić information content (AvgIpc) is 3.57. The molecule has 2 heterocycles. The smallest absolute Gasteiger partial charge is 0.271 e. The van der Waals surface area contributed by atoms with Crippen LogP contribution < -0.4 is 20.0 Å². The molecule has 1 fully saturated rings. The number of allylic oxidation sites excluding steroid dienone is 2. The van der Waals surface area contributed by atoms with Gasteiger partial charge in [0, 0.05) is 53.9 Å². The fourth-order valence-electron chi connectivity index (χ4n) is 5.75. The highest BCUT2D eigenvalue weighted by atomic mass is 16.5. The number of benzene rings is 3. The van der Waals surface area contributed by atoms with Crippen LogP contribution in [0.15, 0.2) is 89.7 Å². The first-order valence-electron chi connectivity index (χ1n) is 13.4. The SMILES string of the molecule is CCN1/C(=C\C=N\NC(=O)c2ccccc2)C(C)(Cc2ccc(N3CCCC3)cc2)c2cc(OC)ccc21. The lowest BCUT2D eigenvalue weighted by atomic mass is 9.76. The van der Waals surface area contributed by atoms with Crippen molar-refractivity contribution >= 4 is 23.5 Å². The van der Waals surface area contributed by atoms with Gasteiger partial charge in [0.05, 0.1) is 7.11 Å². The van der Waals surface area contributed by atoms with Crippen LogP contribution in [0.1, 0.15) is 48.2 Å². The predicted octanol–water partition coefficient (Wildman–Crippen LogP) is 5.94. The number of fused-ring (bicyclic) bond motifs is 1. The van der Waals surface area contributed by atoms with Crippen molar-refractivity contribution in [1.82, 2.24) is 5.43 Å². The van der Waals surface area contributed by atoms with Crippen LogP contribution in [0.3, 0.4) is 0 Å². The molecule has 2 aliphatic rings. The average molecular weight is 509 g/mol. The molecule has 2 aliphatic heterocycles. The van der Waals surface area contributed by atoms with Crippen LogP contribution >= 0.6 is 0 Å². The van der Waals surface area contributed by atoms with E-state index in [4.69, 9.17) is 4.74 Å². The van der Waals surface area contributed by atoms with Gasteiger partial charge in [0.15, 0.2) is 0 Å². The number of carbonyl (C=O) groups is 1. The molecule has 196 valence electrons. The van der Waals surface area contributed by atoms with Crippen molar-refractivity contribution in [2.24, 2.45) is 5.10 Å². The van der Waals surface area contributed by atoms with Crippen molar-refractivity contribution in [2.75, 3.05) is 36.5 Å². The summed E-state index contributed by atoms with van der Waals surface area (Å²) in [6.07, 6.45) is 7.09. The van der Waals surface area contributed by atoms with Crippen LogP contribution in [0.25, 0.3) is 0 Å². The summed E-state index contributed by atoms with van der Waals surface area (Å²) in [4.78, 5) is 17.2. The Morgan fingerprint density at radius 2 is 1.79 bits per heavy atom. The number of hydrazone groups is 1. The third-order valence-corrected chi connectivity index (χ3v) is 7.74. The molecule has 38 heavy (non-hydrogen) atoms. The Morgan fingerprint density at radius 3 is 2.47 bits per heavy atom. The summed E-state index contributed by atoms with van der Waals surface area (Å²) in [6.45, 7) is 7.55. The zero-order valence-corrected chi connectivity index (χ0v) is 22.5. The largest absolute Gasteiger partial charge is 0.497 e. The number of rotatable bonds is 8. The van der Waals surface area contributed by atoms with E-state index in [1.54, 1.807) is 25.5 Å². The fourth-order valence-corrected chi connectivity index (χ4v) is 5.75. The molecule has 0 aromatic heterocycles. The molecule has 3 aromatic carbocycles. The molecule has 0 radical (unpaired) electrons. The quantitative estimate of drug-likeness (QED) is 0.302. The van der Waals surface area contributed by atoms with Crippen molar-refractivity contribution in [1.29, 1.82) is 0 Å². The van der Waals surface area contributed by atoms with E-state index in [0.717, 1.165) is 37.5 Å². The second-order valence-corrected chi connectivity index (χ2v) is 10.1. The number of anilines is 2. The molecule has 6 nitrogen and oxygen atoms in total. The zero-order valence-electron chi connectivity index (χ0n) is 22.5. The maximum atomic E-state index is 12.4. The van der Waals surface area contributed by atoms with Crippen molar-refractivity contribution in [3.8, 4) is 5.75 Å². The fraction of sp³-hybridized carbons (Fsp3) is 0.312. The Balaban J connectivity index is 1.45. The molecule has 0 saturated carbocycles. The number of nitrogens with zero attached hydrogens (tertiary/aromatic N) is 3. The van der Waals surface area contributed by atoms with Crippen LogP contribution in [0, 0.1) is 0 Å². The molecule has 3 aromatic rings. The maximum absolute atomic E-state index is 12.4. The third-order valence-electron chi connectivity index (χ3n) is 7.74. The van der Waals surface area contributed by atoms with Gasteiger partial charge in [0.25, 0.3) is 5.91 Å². The van der Waals surface area contributed by atoms with Crippen LogP contribution in [0.2, 0.25) is 0 Å². The van der Waals surface area contributed by atoms with E-state index in [1.165, 1.54) is 35.3 Å². The van der Waals surface area contributed by atoms with Gasteiger partial charge in [-0.25, -0.2) is 5.43 Å². The number of carbonyl (C=O) groups excluding carboxylic acids is 1. The minimum Gasteiger partial charge on any atom is -0.497 e. The van der Waals surface area contributed by atoms with E-state index in [9.17, 15) is 4.79 Å². The minimum absolute atomic E-state index is 0.229. The lowest BCUT2D eigenvalue weighted by Crippen LogP contribution is -2.31. The van der Waals surface area contributed by atoms with Gasteiger partial charge in [-0.2, -0.15) is 5.10 Å². The summed E-state index contributed by atoms with van der Waals surface area (Å²) < 4.78 is 5.61. The van der Waals surface area contributed by atoms with E-state index in [-0.39, 0.29) is 11.3 Å². The van der Waals surface area contributed by atoms with E-state index >= 15 is 0 Å². The number of hydrogen-bond donors (Lipinski definition) is 1. The molecule has 1 unspecified atom stereocenters. The molecule has 0 aliphatic carbocycles. The topological polar surface area (TPSA) is 57.2 Å². The number of ether oxygens (including phenoxy) is 1. The summed E-state index contributed by atoms with van der Waals surface area (Å²) in [6, 6.07) is 24.5. The summed E-state index contributed by atoms with van der Waals surface area (Å²) >= 11 is 0. The molecule has 5 rings (SSSR count). The number of methoxy groups -OCH3 is 1. The standard InChI is InChI=1S/C32H36N4O2/c1-4-36-29-17-16-27(38-3)22-28(29)32(2,23-24-12-14-26(15-13-24)35-20-8-9-21-35)30(36)18-19-33-34-31(37)25-10-6-5-7-11-25/h5-7,10-19,22H,4,8-9,20-21,23H2,1-3H3,(H,34,37)/b30-18-,33-19+. The van der Waals surface area contributed by atoms with Crippen molar-refractivity contribution in [2.45, 2.75) is 38.5 Å². The second-order valence-electron chi connectivity index (χ2n) is 10.1. The summed E-state index contributed by atoms with van der Waals surface area (Å²) in [5.74, 6) is 0.619. The Hall–Kier alpha value is -4.06. The number of amides is 1. The van der Waals surface area contributed by atoms with Crippen LogP contribution in [0.5, 0.6) is 5.75 Å². The van der Waals surface area contributed by atoms with Crippen molar-refractivity contribution < 1.29 is 9.53 Å². The van der Waals surface area contributed by atoms with Crippen molar-refractivity contribution in [3.63, 3.8) is 0 Å². The minimum atomic E-state index is -0.301. The molecule has 1 atom stereocenters. The van der Waals surface area contributed by atoms with Gasteiger partial charge in [-0.05, 0) is 92.8 Å². The lowest BCUT2D eigenvalue weighted by Gasteiger charge is -2.30. The monoisotopic (exact) mass is 508 g/mol. The van der Waals surface area contributed by atoms with Gasteiger partial charge in [-0.15, -0.1) is 0 Å². The van der Waals surface area contributed by atoms with Gasteiger partial charge >= 0.3 is 0 Å². The summed E-state index contributed by atoms with van der Waals surface area (Å²) in [5.41, 5.74) is 9.06. The molecule has 1 N–H and O–H groups in total. The van der Waals surface area contributed by atoms with Crippen LogP contribution in [-0.4, -0.2) is 38.9 Å². The third kappa shape index (κ3) is 5.03. The van der Waals surface area contributed by atoms with Gasteiger partial charge in [0.1, 0.15) is 5.75 Å². The predicted molar refractivity (Wildman–Crippen MR) is 155 cm³/mol. The molecular weight excluding hydrogens is 472 g/mol. The first-order chi connectivity index (χ1) is 18.5. The Bertz CT molecular complexity index is 1330. The summed E-state index contributed by atoms with van der Waals surface area (Å²) in [7, 11) is 1.71. The van der Waals surface area contributed by atoms with Gasteiger partial charge in [-0.3, -0.25) is 4.79 Å². The first-order valence-corrected chi connectivity index (χ1v) is 13.4. The van der Waals surface area contributed by atoms with E-state index in [1.807, 2.05) is 30.3 Å². The summed E-state index contributed by atoms with van der Waals surface area (Å²) in [5, 5.41) is 4.25. The number of hydrogen-bond acceptors (Lipinski definition) is 5. The Morgan fingerprint density at radius 1 is 1.05 bits per heavy atom. The van der Waals surface area contributed by atoms with Crippen LogP contribution in [-0.2, 0) is 11.8 Å². The number of nitrogens with one attached hydrogen (secondary N) is 1. The molecular formula is C32H36N4O2. The van der Waals surface area contributed by atoms with E-state index in [2.05, 4.69) is 70.6 Å². The lowest BCUT2D eigenvalue weighted by molar-refractivity contribution is 0.0955. The van der Waals surface area contributed by atoms with E-state index < -0.39 is 0 Å². The second kappa shape index (κ2) is 11.1. The highest BCUT2D eigenvalue weighted by Crippen LogP contribution is 2.50. The maximum Gasteiger partial charge on any atom is 0.271 e. The molecule has 6 heteroatoms. The first kappa shape index (κ1) is 25.6. The number of likely N-dealkylation sites (N-methyl/N-ethyl adjacent to an activating group) is 1. The Labute approximate surface area is 225 Å². The highest BCUT2D eigenvalue weighted by molar-refractivity contribution is 5.94. The Kier molecular flexibility index (Phi) is 7.50. The van der Waals surface area contributed by atoms with Gasteiger partial charge in [0.2, 0.25) is 0 Å².